The lowest BCUT2D eigenvalue weighted by atomic mass is 10.1. The van der Waals surface area contributed by atoms with E-state index in [4.69, 9.17) is 0 Å². The molecule has 0 saturated carbocycles. The minimum Gasteiger partial charge on any atom is -0.479 e. The van der Waals surface area contributed by atoms with Crippen LogP contribution in [0.2, 0.25) is 0 Å². The molecule has 0 bridgehead atoms. The van der Waals surface area contributed by atoms with Crippen molar-refractivity contribution in [2.24, 2.45) is 0 Å². The van der Waals surface area contributed by atoms with Gasteiger partial charge in [-0.15, -0.1) is 11.3 Å². The summed E-state index contributed by atoms with van der Waals surface area (Å²) in [6.07, 6.45) is 0. The van der Waals surface area contributed by atoms with Crippen LogP contribution < -0.4 is 5.32 Å². The van der Waals surface area contributed by atoms with Gasteiger partial charge >= 0.3 is 5.97 Å². The van der Waals surface area contributed by atoms with Crippen molar-refractivity contribution in [3.63, 3.8) is 0 Å². The predicted octanol–water partition coefficient (Wildman–Crippen LogP) is 3.29. The van der Waals surface area contributed by atoms with Crippen LogP contribution >= 0.6 is 11.3 Å². The number of hydrogen-bond acceptors (Lipinski definition) is 3. The number of benzene rings is 1. The number of thiophene rings is 1. The van der Waals surface area contributed by atoms with Crippen LogP contribution in [0.3, 0.4) is 0 Å². The van der Waals surface area contributed by atoms with Crippen LogP contribution in [-0.2, 0) is 4.79 Å². The minimum atomic E-state index is -0.865. The number of carbonyl (C=O) groups is 1. The van der Waals surface area contributed by atoms with E-state index >= 15 is 0 Å². The molecular formula is C13H13NO2S. The largest absolute Gasteiger partial charge is 0.479 e. The molecule has 0 aliphatic carbocycles. The molecule has 1 aromatic heterocycles. The van der Waals surface area contributed by atoms with Crippen LogP contribution in [0.4, 0.5) is 5.69 Å². The standard InChI is InChI=1S/C13H13NO2S/c1-9-5-2-3-6-10(9)14-12(13(15)16)11-7-4-8-17-11/h2-8,12,14H,1H3,(H,15,16). The quantitative estimate of drug-likeness (QED) is 0.871. The predicted molar refractivity (Wildman–Crippen MR) is 69.5 cm³/mol. The second-order valence-corrected chi connectivity index (χ2v) is 4.73. The Morgan fingerprint density at radius 1 is 1.29 bits per heavy atom. The molecule has 0 aliphatic heterocycles. The highest BCUT2D eigenvalue weighted by molar-refractivity contribution is 7.10. The van der Waals surface area contributed by atoms with E-state index in [9.17, 15) is 9.90 Å². The van der Waals surface area contributed by atoms with Crippen molar-refractivity contribution in [2.75, 3.05) is 5.32 Å². The fourth-order valence-corrected chi connectivity index (χ4v) is 2.37. The molecule has 2 N–H and O–H groups in total. The topological polar surface area (TPSA) is 49.3 Å². The number of aryl methyl sites for hydroxylation is 1. The van der Waals surface area contributed by atoms with Crippen LogP contribution in [-0.4, -0.2) is 11.1 Å². The highest BCUT2D eigenvalue weighted by atomic mass is 32.1. The zero-order valence-corrected chi connectivity index (χ0v) is 10.2. The Bertz CT molecular complexity index is 508. The highest BCUT2D eigenvalue weighted by Crippen LogP contribution is 2.25. The van der Waals surface area contributed by atoms with Crippen LogP contribution in [0.15, 0.2) is 41.8 Å². The molecule has 4 heteroatoms. The summed E-state index contributed by atoms with van der Waals surface area (Å²) in [7, 11) is 0. The first-order valence-corrected chi connectivity index (χ1v) is 6.15. The third-order valence-corrected chi connectivity index (χ3v) is 3.46. The number of nitrogens with one attached hydrogen (secondary N) is 1. The molecule has 0 amide bonds. The summed E-state index contributed by atoms with van der Waals surface area (Å²) in [6, 6.07) is 10.7. The molecule has 2 aromatic rings. The van der Waals surface area contributed by atoms with Crippen LogP contribution in [0.25, 0.3) is 0 Å². The molecule has 1 aromatic carbocycles. The first kappa shape index (κ1) is 11.7. The molecule has 0 aliphatic rings. The maximum Gasteiger partial charge on any atom is 0.331 e. The molecule has 3 nitrogen and oxygen atoms in total. The molecule has 17 heavy (non-hydrogen) atoms. The Kier molecular flexibility index (Phi) is 3.44. The van der Waals surface area contributed by atoms with Gasteiger partial charge in [-0.1, -0.05) is 24.3 Å². The van der Waals surface area contributed by atoms with E-state index in [1.807, 2.05) is 48.7 Å². The summed E-state index contributed by atoms with van der Waals surface area (Å²) >= 11 is 1.44. The van der Waals surface area contributed by atoms with Crippen molar-refractivity contribution in [2.45, 2.75) is 13.0 Å². The zero-order valence-electron chi connectivity index (χ0n) is 9.38. The average Bonchev–Trinajstić information content (AvgIpc) is 2.81. The highest BCUT2D eigenvalue weighted by Gasteiger charge is 2.20. The van der Waals surface area contributed by atoms with Crippen molar-refractivity contribution < 1.29 is 9.90 Å². The van der Waals surface area contributed by atoms with E-state index in [0.717, 1.165) is 16.1 Å². The molecule has 2 rings (SSSR count). The lowest BCUT2D eigenvalue weighted by molar-refractivity contribution is -0.138. The monoisotopic (exact) mass is 247 g/mol. The Balaban J connectivity index is 2.26. The molecule has 0 saturated heterocycles. The van der Waals surface area contributed by atoms with Crippen LogP contribution in [0, 0.1) is 6.92 Å². The SMILES string of the molecule is Cc1ccccc1NC(C(=O)O)c1cccs1. The first-order chi connectivity index (χ1) is 8.18. The maximum absolute atomic E-state index is 11.3. The Labute approximate surface area is 104 Å². The summed E-state index contributed by atoms with van der Waals surface area (Å²) in [4.78, 5) is 12.1. The summed E-state index contributed by atoms with van der Waals surface area (Å²) in [5.41, 5.74) is 1.89. The van der Waals surface area contributed by atoms with Crippen LogP contribution in [0.1, 0.15) is 16.5 Å². The first-order valence-electron chi connectivity index (χ1n) is 5.27. The van der Waals surface area contributed by atoms with E-state index in [0.29, 0.717) is 0 Å². The number of aliphatic carboxylic acids is 1. The molecule has 0 fully saturated rings. The van der Waals surface area contributed by atoms with Crippen molar-refractivity contribution in [1.82, 2.24) is 0 Å². The average molecular weight is 247 g/mol. The third kappa shape index (κ3) is 2.65. The Morgan fingerprint density at radius 3 is 2.65 bits per heavy atom. The van der Waals surface area contributed by atoms with Crippen molar-refractivity contribution in [3.8, 4) is 0 Å². The molecule has 0 spiro atoms. The minimum absolute atomic E-state index is 0.684. The van der Waals surface area contributed by atoms with Gasteiger partial charge in [-0.2, -0.15) is 0 Å². The fraction of sp³-hybridized carbons (Fsp3) is 0.154. The number of hydrogen-bond donors (Lipinski definition) is 2. The number of carboxylic acid groups (broad SMARTS) is 1. The van der Waals surface area contributed by atoms with E-state index in [2.05, 4.69) is 5.32 Å². The molecule has 0 radical (unpaired) electrons. The van der Waals surface area contributed by atoms with Gasteiger partial charge in [0.25, 0.3) is 0 Å². The van der Waals surface area contributed by atoms with Gasteiger partial charge in [0.2, 0.25) is 0 Å². The van der Waals surface area contributed by atoms with Gasteiger partial charge < -0.3 is 10.4 Å². The summed E-state index contributed by atoms with van der Waals surface area (Å²) in [6.45, 7) is 1.95. The number of carboxylic acids is 1. The molecule has 88 valence electrons. The molecule has 1 atom stereocenters. The lowest BCUT2D eigenvalue weighted by Crippen LogP contribution is -2.19. The van der Waals surface area contributed by atoms with Gasteiger partial charge in [0.05, 0.1) is 0 Å². The zero-order chi connectivity index (χ0) is 12.3. The van der Waals surface area contributed by atoms with Gasteiger partial charge in [0, 0.05) is 10.6 Å². The Hall–Kier alpha value is -1.81. The fourth-order valence-electron chi connectivity index (χ4n) is 1.60. The summed E-state index contributed by atoms with van der Waals surface area (Å²) in [5, 5.41) is 14.2. The number of para-hydroxylation sites is 1. The summed E-state index contributed by atoms with van der Waals surface area (Å²) in [5.74, 6) is -0.865. The van der Waals surface area contributed by atoms with Crippen molar-refractivity contribution >= 4 is 23.0 Å². The van der Waals surface area contributed by atoms with Gasteiger partial charge in [0.15, 0.2) is 6.04 Å². The number of anilines is 1. The van der Waals surface area contributed by atoms with Crippen molar-refractivity contribution in [1.29, 1.82) is 0 Å². The normalized spacial score (nSPS) is 12.1. The van der Waals surface area contributed by atoms with E-state index in [-0.39, 0.29) is 0 Å². The maximum atomic E-state index is 11.3. The molecule has 1 unspecified atom stereocenters. The second kappa shape index (κ2) is 5.01. The van der Waals surface area contributed by atoms with E-state index in [1.165, 1.54) is 11.3 Å². The third-order valence-electron chi connectivity index (χ3n) is 2.52. The molecule has 1 heterocycles. The van der Waals surface area contributed by atoms with Gasteiger partial charge in [0.1, 0.15) is 0 Å². The van der Waals surface area contributed by atoms with Crippen molar-refractivity contribution in [3.05, 3.63) is 52.2 Å². The number of rotatable bonds is 4. The van der Waals surface area contributed by atoms with Gasteiger partial charge in [-0.25, -0.2) is 4.79 Å². The van der Waals surface area contributed by atoms with Crippen LogP contribution in [0.5, 0.6) is 0 Å². The summed E-state index contributed by atoms with van der Waals surface area (Å²) < 4.78 is 0. The molecular weight excluding hydrogens is 234 g/mol. The second-order valence-electron chi connectivity index (χ2n) is 3.75. The van der Waals surface area contributed by atoms with E-state index < -0.39 is 12.0 Å². The lowest BCUT2D eigenvalue weighted by Gasteiger charge is -2.15. The van der Waals surface area contributed by atoms with E-state index in [1.54, 1.807) is 0 Å². The smallest absolute Gasteiger partial charge is 0.331 e. The van der Waals surface area contributed by atoms with Gasteiger partial charge in [-0.3, -0.25) is 0 Å². The van der Waals surface area contributed by atoms with Gasteiger partial charge in [-0.05, 0) is 30.0 Å². The Morgan fingerprint density at radius 2 is 2.06 bits per heavy atom.